The molecule has 0 aromatic rings. The molecule has 0 aliphatic carbocycles. The molecular formula is C14H25NO3. The molecule has 0 aromatic carbocycles. The predicted molar refractivity (Wildman–Crippen MR) is 70.3 cm³/mol. The van der Waals surface area contributed by atoms with Crippen molar-refractivity contribution in [1.29, 1.82) is 0 Å². The van der Waals surface area contributed by atoms with Gasteiger partial charge in [0.05, 0.1) is 0 Å². The topological polar surface area (TPSA) is 57.6 Å². The highest BCUT2D eigenvalue weighted by atomic mass is 16.4. The zero-order valence-electron chi connectivity index (χ0n) is 11.7. The Morgan fingerprint density at radius 1 is 1.33 bits per heavy atom. The summed E-state index contributed by atoms with van der Waals surface area (Å²) in [7, 11) is 0. The van der Waals surface area contributed by atoms with E-state index < -0.39 is 5.97 Å². The number of likely N-dealkylation sites (tertiary alicyclic amines) is 1. The first-order chi connectivity index (χ1) is 8.38. The molecule has 18 heavy (non-hydrogen) atoms. The first-order valence-electron chi connectivity index (χ1n) is 6.91. The molecule has 4 nitrogen and oxygen atoms in total. The summed E-state index contributed by atoms with van der Waals surface area (Å²) in [5.41, 5.74) is -0.335. The van der Waals surface area contributed by atoms with E-state index in [-0.39, 0.29) is 23.8 Å². The minimum atomic E-state index is -0.775. The van der Waals surface area contributed by atoms with Gasteiger partial charge in [0, 0.05) is 24.4 Å². The molecule has 1 rings (SSSR count). The Hall–Kier alpha value is -1.06. The van der Waals surface area contributed by atoms with Gasteiger partial charge >= 0.3 is 5.97 Å². The zero-order chi connectivity index (χ0) is 13.8. The number of carboxylic acid groups (broad SMARTS) is 1. The lowest BCUT2D eigenvalue weighted by atomic mass is 9.86. The molecule has 1 aliphatic heterocycles. The van der Waals surface area contributed by atoms with Crippen molar-refractivity contribution in [3.05, 3.63) is 0 Å². The highest BCUT2D eigenvalue weighted by Crippen LogP contribution is 2.29. The van der Waals surface area contributed by atoms with Gasteiger partial charge in [0.25, 0.3) is 0 Å². The minimum absolute atomic E-state index is 0.119. The Balaban J connectivity index is 2.70. The Morgan fingerprint density at radius 3 is 2.56 bits per heavy atom. The van der Waals surface area contributed by atoms with Crippen molar-refractivity contribution in [3.8, 4) is 0 Å². The van der Waals surface area contributed by atoms with Gasteiger partial charge < -0.3 is 10.0 Å². The van der Waals surface area contributed by atoms with Crippen molar-refractivity contribution >= 4 is 11.9 Å². The molecule has 0 bridgehead atoms. The third kappa shape index (κ3) is 3.72. The third-order valence-corrected chi connectivity index (χ3v) is 4.04. The molecule has 1 unspecified atom stereocenters. The fourth-order valence-electron chi connectivity index (χ4n) is 2.40. The number of rotatable bonds is 5. The average Bonchev–Trinajstić information content (AvgIpc) is 2.35. The molecule has 1 saturated heterocycles. The van der Waals surface area contributed by atoms with E-state index >= 15 is 0 Å². The van der Waals surface area contributed by atoms with E-state index in [9.17, 15) is 9.59 Å². The molecule has 4 heteroatoms. The molecule has 1 atom stereocenters. The van der Waals surface area contributed by atoms with Crippen molar-refractivity contribution < 1.29 is 14.7 Å². The van der Waals surface area contributed by atoms with Gasteiger partial charge in [0.15, 0.2) is 0 Å². The Labute approximate surface area is 109 Å². The summed E-state index contributed by atoms with van der Waals surface area (Å²) in [4.78, 5) is 25.1. The molecule has 0 saturated carbocycles. The van der Waals surface area contributed by atoms with Crippen LogP contribution in [0.2, 0.25) is 0 Å². The lowest BCUT2D eigenvalue weighted by molar-refractivity contribution is -0.146. The Kier molecular flexibility index (Phi) is 5.17. The maximum Gasteiger partial charge on any atom is 0.303 e. The van der Waals surface area contributed by atoms with Crippen LogP contribution in [0.1, 0.15) is 59.3 Å². The molecule has 0 radical (unpaired) electrons. The third-order valence-electron chi connectivity index (χ3n) is 4.04. The van der Waals surface area contributed by atoms with Gasteiger partial charge in [-0.1, -0.05) is 20.8 Å². The van der Waals surface area contributed by atoms with Crippen LogP contribution in [0, 0.1) is 5.41 Å². The second-order valence-electron chi connectivity index (χ2n) is 5.82. The standard InChI is InChI=1S/C14H25NO3/c1-4-14(2,3)13(18)15-10-6-5-7-11(15)8-9-12(16)17/h11H,4-10H2,1-3H3,(H,16,17). The number of piperidine rings is 1. The lowest BCUT2D eigenvalue weighted by Gasteiger charge is -2.40. The van der Waals surface area contributed by atoms with Crippen LogP contribution in [-0.4, -0.2) is 34.5 Å². The van der Waals surface area contributed by atoms with Gasteiger partial charge in [-0.3, -0.25) is 9.59 Å². The Morgan fingerprint density at radius 2 is 2.00 bits per heavy atom. The minimum Gasteiger partial charge on any atom is -0.481 e. The van der Waals surface area contributed by atoms with Gasteiger partial charge in [-0.25, -0.2) is 0 Å². The predicted octanol–water partition coefficient (Wildman–Crippen LogP) is 2.67. The van der Waals surface area contributed by atoms with E-state index in [1.54, 1.807) is 0 Å². The van der Waals surface area contributed by atoms with Crippen LogP contribution in [-0.2, 0) is 9.59 Å². The van der Waals surface area contributed by atoms with Gasteiger partial charge in [-0.05, 0) is 32.1 Å². The summed E-state index contributed by atoms with van der Waals surface area (Å²) in [6, 6.07) is 0.119. The van der Waals surface area contributed by atoms with E-state index in [1.165, 1.54) is 0 Å². The molecule has 0 spiro atoms. The number of carbonyl (C=O) groups excluding carboxylic acids is 1. The van der Waals surface area contributed by atoms with Crippen LogP contribution < -0.4 is 0 Å². The molecule has 1 fully saturated rings. The lowest BCUT2D eigenvalue weighted by Crippen LogP contribution is -2.49. The van der Waals surface area contributed by atoms with Crippen molar-refractivity contribution in [2.45, 2.75) is 65.3 Å². The van der Waals surface area contributed by atoms with E-state index in [0.717, 1.165) is 32.2 Å². The number of hydrogen-bond acceptors (Lipinski definition) is 2. The summed E-state index contributed by atoms with van der Waals surface area (Å²) < 4.78 is 0. The SMILES string of the molecule is CCC(C)(C)C(=O)N1CCCCC1CCC(=O)O. The maximum atomic E-state index is 12.5. The van der Waals surface area contributed by atoms with Crippen LogP contribution in [0.25, 0.3) is 0 Å². The normalized spacial score (nSPS) is 20.8. The summed E-state index contributed by atoms with van der Waals surface area (Å²) >= 11 is 0. The van der Waals surface area contributed by atoms with Crippen LogP contribution in [0.4, 0.5) is 0 Å². The van der Waals surface area contributed by atoms with Crippen LogP contribution in [0.5, 0.6) is 0 Å². The van der Waals surface area contributed by atoms with Crippen molar-refractivity contribution in [2.75, 3.05) is 6.54 Å². The molecule has 0 aromatic heterocycles. The molecule has 104 valence electrons. The fourth-order valence-corrected chi connectivity index (χ4v) is 2.40. The quantitative estimate of drug-likeness (QED) is 0.821. The van der Waals surface area contributed by atoms with E-state index in [0.29, 0.717) is 6.42 Å². The van der Waals surface area contributed by atoms with Gasteiger partial charge in [-0.2, -0.15) is 0 Å². The van der Waals surface area contributed by atoms with Crippen LogP contribution >= 0.6 is 0 Å². The van der Waals surface area contributed by atoms with Crippen LogP contribution in [0.15, 0.2) is 0 Å². The van der Waals surface area contributed by atoms with Crippen molar-refractivity contribution in [2.24, 2.45) is 5.41 Å². The first-order valence-corrected chi connectivity index (χ1v) is 6.91. The van der Waals surface area contributed by atoms with Crippen molar-refractivity contribution in [1.82, 2.24) is 4.90 Å². The summed E-state index contributed by atoms with van der Waals surface area (Å²) in [6.07, 6.45) is 4.63. The molecule has 1 aliphatic rings. The highest BCUT2D eigenvalue weighted by Gasteiger charge is 2.35. The van der Waals surface area contributed by atoms with E-state index in [2.05, 4.69) is 0 Å². The van der Waals surface area contributed by atoms with Gasteiger partial charge in [-0.15, -0.1) is 0 Å². The fraction of sp³-hybridized carbons (Fsp3) is 0.857. The van der Waals surface area contributed by atoms with Gasteiger partial charge in [0.1, 0.15) is 0 Å². The van der Waals surface area contributed by atoms with Crippen LogP contribution in [0.3, 0.4) is 0 Å². The first kappa shape index (κ1) is 15.0. The number of aliphatic carboxylic acids is 1. The second-order valence-corrected chi connectivity index (χ2v) is 5.82. The van der Waals surface area contributed by atoms with Gasteiger partial charge in [0.2, 0.25) is 5.91 Å². The largest absolute Gasteiger partial charge is 0.481 e. The summed E-state index contributed by atoms with van der Waals surface area (Å²) in [5.74, 6) is -0.595. The number of nitrogens with zero attached hydrogens (tertiary/aromatic N) is 1. The smallest absolute Gasteiger partial charge is 0.303 e. The average molecular weight is 255 g/mol. The molecule has 1 amide bonds. The molecular weight excluding hydrogens is 230 g/mol. The Bertz CT molecular complexity index is 312. The number of carbonyl (C=O) groups is 2. The number of hydrogen-bond donors (Lipinski definition) is 1. The van der Waals surface area contributed by atoms with E-state index in [1.807, 2.05) is 25.7 Å². The zero-order valence-corrected chi connectivity index (χ0v) is 11.7. The number of carboxylic acids is 1. The highest BCUT2D eigenvalue weighted by molar-refractivity contribution is 5.82. The summed E-state index contributed by atoms with van der Waals surface area (Å²) in [6.45, 7) is 6.75. The monoisotopic (exact) mass is 255 g/mol. The van der Waals surface area contributed by atoms with E-state index in [4.69, 9.17) is 5.11 Å². The maximum absolute atomic E-state index is 12.5. The molecule has 1 N–H and O–H groups in total. The summed E-state index contributed by atoms with van der Waals surface area (Å²) in [5, 5.41) is 8.77. The van der Waals surface area contributed by atoms with Crippen molar-refractivity contribution in [3.63, 3.8) is 0 Å². The second kappa shape index (κ2) is 6.21. The number of amides is 1. The molecule has 1 heterocycles.